The third-order valence-corrected chi connectivity index (χ3v) is 5.35. The van der Waals surface area contributed by atoms with Gasteiger partial charge >= 0.3 is 0 Å². The fourth-order valence-corrected chi connectivity index (χ4v) is 3.71. The first-order chi connectivity index (χ1) is 13.3. The number of aliphatic hydroxyl groups is 1. The lowest BCUT2D eigenvalue weighted by Gasteiger charge is -2.34. The van der Waals surface area contributed by atoms with Crippen LogP contribution in [0.5, 0.6) is 0 Å². The van der Waals surface area contributed by atoms with Crippen molar-refractivity contribution in [1.29, 1.82) is 0 Å². The number of primary amides is 1. The molecule has 4 N–H and O–H groups in total. The molecule has 1 fully saturated rings. The number of aromatic nitrogens is 3. The number of nitrogens with one attached hydrogen (secondary N) is 1. The smallest absolute Gasteiger partial charge is 0.252 e. The Kier molecular flexibility index (Phi) is 4.50. The van der Waals surface area contributed by atoms with E-state index in [9.17, 15) is 14.3 Å². The van der Waals surface area contributed by atoms with Gasteiger partial charge in [0.05, 0.1) is 34.8 Å². The Balaban J connectivity index is 1.74. The van der Waals surface area contributed by atoms with Crippen LogP contribution in [0.4, 0.5) is 10.1 Å². The molecule has 0 aliphatic heterocycles. The number of carbonyl (C=O) groups excluding carboxylic acids is 1. The topological polar surface area (TPSA) is 106 Å². The van der Waals surface area contributed by atoms with Crippen molar-refractivity contribution in [3.05, 3.63) is 48.3 Å². The van der Waals surface area contributed by atoms with Gasteiger partial charge in [-0.1, -0.05) is 0 Å². The fourth-order valence-electron chi connectivity index (χ4n) is 3.71. The summed E-state index contributed by atoms with van der Waals surface area (Å²) in [6, 6.07) is 3.34. The van der Waals surface area contributed by atoms with Gasteiger partial charge in [0.25, 0.3) is 5.91 Å². The number of rotatable bonds is 4. The van der Waals surface area contributed by atoms with Gasteiger partial charge in [-0.25, -0.2) is 8.91 Å². The third-order valence-electron chi connectivity index (χ3n) is 5.35. The predicted molar refractivity (Wildman–Crippen MR) is 103 cm³/mol. The minimum Gasteiger partial charge on any atom is -0.390 e. The highest BCUT2D eigenvalue weighted by molar-refractivity contribution is 6.02. The zero-order chi connectivity index (χ0) is 19.9. The molecular weight excluding hydrogens is 361 g/mol. The lowest BCUT2D eigenvalue weighted by molar-refractivity contribution is 0.0196. The summed E-state index contributed by atoms with van der Waals surface area (Å²) in [5.41, 5.74) is 7.84. The minimum absolute atomic E-state index is 0.110. The first-order valence-corrected chi connectivity index (χ1v) is 9.23. The molecule has 0 unspecified atom stereocenters. The van der Waals surface area contributed by atoms with Gasteiger partial charge in [-0.3, -0.25) is 9.78 Å². The van der Waals surface area contributed by atoms with Crippen molar-refractivity contribution in [3.63, 3.8) is 0 Å². The third kappa shape index (κ3) is 3.55. The number of pyridine rings is 1. The molecule has 0 bridgehead atoms. The maximum Gasteiger partial charge on any atom is 0.252 e. The molecule has 0 saturated heterocycles. The lowest BCUT2D eigenvalue weighted by atomic mass is 9.83. The Morgan fingerprint density at radius 3 is 2.71 bits per heavy atom. The lowest BCUT2D eigenvalue weighted by Crippen LogP contribution is -2.36. The SMILES string of the molecule is CC1(O)CCC(Nc2c(C(N)=O)cnn3cc(-c4cncc(F)c4)cc23)CC1. The highest BCUT2D eigenvalue weighted by Crippen LogP contribution is 2.33. The number of carbonyl (C=O) groups is 1. The van der Waals surface area contributed by atoms with Crippen LogP contribution in [0.2, 0.25) is 0 Å². The van der Waals surface area contributed by atoms with Gasteiger partial charge in [0.1, 0.15) is 5.82 Å². The van der Waals surface area contributed by atoms with E-state index in [0.29, 0.717) is 35.2 Å². The molecular formula is C20H22FN5O2. The van der Waals surface area contributed by atoms with Gasteiger partial charge in [0.15, 0.2) is 0 Å². The molecule has 3 aromatic rings. The highest BCUT2D eigenvalue weighted by Gasteiger charge is 2.29. The molecule has 0 atom stereocenters. The summed E-state index contributed by atoms with van der Waals surface area (Å²) in [5.74, 6) is -0.998. The van der Waals surface area contributed by atoms with Crippen LogP contribution < -0.4 is 11.1 Å². The molecule has 1 aliphatic rings. The average molecular weight is 383 g/mol. The molecule has 1 aliphatic carbocycles. The largest absolute Gasteiger partial charge is 0.390 e. The minimum atomic E-state index is -0.648. The van der Waals surface area contributed by atoms with Crippen molar-refractivity contribution < 1.29 is 14.3 Å². The Morgan fingerprint density at radius 2 is 2.04 bits per heavy atom. The van der Waals surface area contributed by atoms with E-state index in [2.05, 4.69) is 15.4 Å². The summed E-state index contributed by atoms with van der Waals surface area (Å²) < 4.78 is 15.2. The summed E-state index contributed by atoms with van der Waals surface area (Å²) in [4.78, 5) is 15.9. The molecule has 4 rings (SSSR count). The monoisotopic (exact) mass is 383 g/mol. The second kappa shape index (κ2) is 6.87. The van der Waals surface area contributed by atoms with E-state index in [1.54, 1.807) is 16.9 Å². The molecule has 28 heavy (non-hydrogen) atoms. The van der Waals surface area contributed by atoms with Gasteiger partial charge in [0.2, 0.25) is 0 Å². The van der Waals surface area contributed by atoms with Crippen molar-refractivity contribution >= 4 is 17.1 Å². The van der Waals surface area contributed by atoms with Crippen LogP contribution in [0.25, 0.3) is 16.6 Å². The van der Waals surface area contributed by atoms with E-state index in [-0.39, 0.29) is 6.04 Å². The second-order valence-electron chi connectivity index (χ2n) is 7.66. The average Bonchev–Trinajstić information content (AvgIpc) is 3.08. The van der Waals surface area contributed by atoms with Crippen LogP contribution in [0.1, 0.15) is 43.0 Å². The fraction of sp³-hybridized carbons (Fsp3) is 0.350. The van der Waals surface area contributed by atoms with Gasteiger partial charge in [-0.15, -0.1) is 0 Å². The highest BCUT2D eigenvalue weighted by atomic mass is 19.1. The first-order valence-electron chi connectivity index (χ1n) is 9.23. The molecule has 0 spiro atoms. The summed E-state index contributed by atoms with van der Waals surface area (Å²) in [6.45, 7) is 1.84. The predicted octanol–water partition coefficient (Wildman–Crippen LogP) is 2.74. The van der Waals surface area contributed by atoms with Crippen molar-refractivity contribution in [1.82, 2.24) is 14.6 Å². The number of amides is 1. The Morgan fingerprint density at radius 1 is 1.29 bits per heavy atom. The molecule has 0 aromatic carbocycles. The van der Waals surface area contributed by atoms with Crippen LogP contribution in [-0.2, 0) is 0 Å². The van der Waals surface area contributed by atoms with Crippen molar-refractivity contribution in [2.75, 3.05) is 5.32 Å². The van der Waals surface area contributed by atoms with Crippen molar-refractivity contribution in [2.24, 2.45) is 5.73 Å². The molecule has 146 valence electrons. The first kappa shape index (κ1) is 18.4. The number of fused-ring (bicyclic) bond motifs is 1. The molecule has 8 heteroatoms. The van der Waals surface area contributed by atoms with Gasteiger partial charge in [0, 0.05) is 29.6 Å². The number of nitrogens with two attached hydrogens (primary N) is 1. The van der Waals surface area contributed by atoms with Gasteiger partial charge < -0.3 is 16.2 Å². The van der Waals surface area contributed by atoms with Crippen molar-refractivity contribution in [3.8, 4) is 11.1 Å². The quantitative estimate of drug-likeness (QED) is 0.642. The van der Waals surface area contributed by atoms with E-state index < -0.39 is 17.3 Å². The molecule has 7 nitrogen and oxygen atoms in total. The Hall–Kier alpha value is -3.00. The van der Waals surface area contributed by atoms with Crippen LogP contribution >= 0.6 is 0 Å². The van der Waals surface area contributed by atoms with Crippen LogP contribution in [0, 0.1) is 5.82 Å². The number of halogens is 1. The Bertz CT molecular complexity index is 1040. The number of hydrogen-bond acceptors (Lipinski definition) is 5. The maximum atomic E-state index is 13.6. The maximum absolute atomic E-state index is 13.6. The number of hydrogen-bond donors (Lipinski definition) is 3. The molecule has 1 saturated carbocycles. The molecule has 3 heterocycles. The van der Waals surface area contributed by atoms with Gasteiger partial charge in [-0.2, -0.15) is 5.10 Å². The van der Waals surface area contributed by atoms with E-state index in [1.807, 2.05) is 13.0 Å². The summed E-state index contributed by atoms with van der Waals surface area (Å²) in [5, 5.41) is 17.9. The summed E-state index contributed by atoms with van der Waals surface area (Å²) in [7, 11) is 0. The second-order valence-corrected chi connectivity index (χ2v) is 7.66. The summed E-state index contributed by atoms with van der Waals surface area (Å²) in [6.07, 6.45) is 8.83. The zero-order valence-corrected chi connectivity index (χ0v) is 15.5. The number of anilines is 1. The summed E-state index contributed by atoms with van der Waals surface area (Å²) >= 11 is 0. The van der Waals surface area contributed by atoms with Crippen LogP contribution in [-0.4, -0.2) is 37.3 Å². The Labute approximate surface area is 161 Å². The van der Waals surface area contributed by atoms with Crippen LogP contribution in [0.15, 0.2) is 36.9 Å². The standard InChI is InChI=1S/C20H22FN5O2/c1-20(28)4-2-15(3-5-20)25-18-16(19(22)27)10-24-26-11-13(7-17(18)26)12-6-14(21)9-23-8-12/h6-11,15,25,28H,2-5H2,1H3,(H2,22,27). The molecule has 3 aromatic heterocycles. The zero-order valence-electron chi connectivity index (χ0n) is 15.5. The van der Waals surface area contributed by atoms with E-state index in [4.69, 9.17) is 5.73 Å². The molecule has 1 amide bonds. The van der Waals surface area contributed by atoms with Crippen LogP contribution in [0.3, 0.4) is 0 Å². The van der Waals surface area contributed by atoms with E-state index >= 15 is 0 Å². The molecule has 0 radical (unpaired) electrons. The van der Waals surface area contributed by atoms with E-state index in [1.165, 1.54) is 12.3 Å². The van der Waals surface area contributed by atoms with Gasteiger partial charge in [-0.05, 0) is 44.7 Å². The number of nitrogens with zero attached hydrogens (tertiary/aromatic N) is 3. The van der Waals surface area contributed by atoms with E-state index in [0.717, 1.165) is 24.6 Å². The normalized spacial score (nSPS) is 22.3. The van der Waals surface area contributed by atoms with Crippen molar-refractivity contribution in [2.45, 2.75) is 44.2 Å².